The summed E-state index contributed by atoms with van der Waals surface area (Å²) in [7, 11) is 3.01. The molecule has 3 aromatic rings. The number of thiazole rings is 1. The first-order valence-electron chi connectivity index (χ1n) is 8.51. The molecule has 1 amide bonds. The van der Waals surface area contributed by atoms with Crippen molar-refractivity contribution in [3.63, 3.8) is 0 Å². The van der Waals surface area contributed by atoms with Crippen molar-refractivity contribution in [1.29, 1.82) is 0 Å². The molecule has 9 heteroatoms. The number of amides is 1. The lowest BCUT2D eigenvalue weighted by molar-refractivity contribution is -0.115. The van der Waals surface area contributed by atoms with Gasteiger partial charge >= 0.3 is 0 Å². The zero-order valence-corrected chi connectivity index (χ0v) is 18.0. The lowest BCUT2D eigenvalue weighted by Crippen LogP contribution is -2.15. The van der Waals surface area contributed by atoms with Crippen molar-refractivity contribution in [3.05, 3.63) is 62.5 Å². The highest BCUT2D eigenvalue weighted by Gasteiger charge is 2.14. The van der Waals surface area contributed by atoms with Gasteiger partial charge in [0.25, 0.3) is 0 Å². The molecule has 0 unspecified atom stereocenters. The van der Waals surface area contributed by atoms with Gasteiger partial charge in [0.15, 0.2) is 0 Å². The van der Waals surface area contributed by atoms with E-state index in [2.05, 4.69) is 10.3 Å². The smallest absolute Gasteiger partial charge is 0.230 e. The Labute approximate surface area is 182 Å². The Morgan fingerprint density at radius 1 is 1.10 bits per heavy atom. The third kappa shape index (κ3) is 5.76. The third-order valence-corrected chi connectivity index (χ3v) is 5.28. The highest BCUT2D eigenvalue weighted by molar-refractivity contribution is 7.09. The van der Waals surface area contributed by atoms with Crippen LogP contribution in [0.1, 0.15) is 10.7 Å². The summed E-state index contributed by atoms with van der Waals surface area (Å²) in [6.07, 6.45) is 0.115. The normalized spacial score (nSPS) is 10.5. The fourth-order valence-corrected chi connectivity index (χ4v) is 3.56. The van der Waals surface area contributed by atoms with Gasteiger partial charge in [-0.15, -0.1) is 11.3 Å². The van der Waals surface area contributed by atoms with E-state index in [-0.39, 0.29) is 12.3 Å². The fourth-order valence-electron chi connectivity index (χ4n) is 2.49. The number of methoxy groups -OCH3 is 2. The summed E-state index contributed by atoms with van der Waals surface area (Å²) in [4.78, 5) is 16.9. The Balaban J connectivity index is 1.59. The number of anilines is 1. The average molecular weight is 453 g/mol. The Kier molecular flexibility index (Phi) is 7.19. The number of nitrogens with one attached hydrogen (secondary N) is 1. The van der Waals surface area contributed by atoms with Gasteiger partial charge in [0.1, 0.15) is 28.9 Å². The molecule has 0 aliphatic heterocycles. The summed E-state index contributed by atoms with van der Waals surface area (Å²) in [5, 5.41) is 6.42. The highest BCUT2D eigenvalue weighted by Crippen LogP contribution is 2.36. The van der Waals surface area contributed by atoms with Crippen LogP contribution in [0.4, 0.5) is 5.69 Å². The Bertz CT molecular complexity index is 993. The summed E-state index contributed by atoms with van der Waals surface area (Å²) in [6.45, 7) is 0.315. The molecule has 0 radical (unpaired) electrons. The maximum atomic E-state index is 12.4. The minimum absolute atomic E-state index is 0.115. The zero-order valence-electron chi connectivity index (χ0n) is 15.7. The number of hydrogen-bond acceptors (Lipinski definition) is 6. The predicted molar refractivity (Wildman–Crippen MR) is 115 cm³/mol. The molecule has 0 saturated carbocycles. The maximum Gasteiger partial charge on any atom is 0.230 e. The van der Waals surface area contributed by atoms with E-state index in [0.717, 1.165) is 5.01 Å². The second-order valence-corrected chi connectivity index (χ2v) is 7.67. The molecule has 0 atom stereocenters. The Hall–Kier alpha value is -2.48. The van der Waals surface area contributed by atoms with E-state index < -0.39 is 0 Å². The first-order valence-corrected chi connectivity index (χ1v) is 10.1. The number of aromatic nitrogens is 1. The summed E-state index contributed by atoms with van der Waals surface area (Å²) in [5.41, 5.74) is 1.12. The lowest BCUT2D eigenvalue weighted by Gasteiger charge is -2.12. The fraction of sp³-hybridized carbons (Fsp3) is 0.200. The molecule has 6 nitrogen and oxygen atoms in total. The molecule has 29 heavy (non-hydrogen) atoms. The van der Waals surface area contributed by atoms with Crippen LogP contribution >= 0.6 is 34.5 Å². The standard InChI is InChI=1S/C20H18Cl2N2O4S/c1-26-17-9-18(27-2)16(8-15(17)22)24-19(25)7-13-11-29-20(23-13)10-28-14-5-3-12(21)4-6-14/h3-6,8-9,11H,7,10H2,1-2H3,(H,24,25). The summed E-state index contributed by atoms with van der Waals surface area (Å²) >= 11 is 13.4. The molecular weight excluding hydrogens is 435 g/mol. The number of ether oxygens (including phenoxy) is 3. The van der Waals surface area contributed by atoms with Gasteiger partial charge in [-0.05, 0) is 30.3 Å². The number of rotatable bonds is 8. The monoisotopic (exact) mass is 452 g/mol. The largest absolute Gasteiger partial charge is 0.495 e. The molecule has 3 rings (SSSR count). The van der Waals surface area contributed by atoms with Crippen LogP contribution in [0, 0.1) is 0 Å². The van der Waals surface area contributed by atoms with Crippen molar-refractivity contribution in [2.24, 2.45) is 0 Å². The number of benzene rings is 2. The number of halogens is 2. The topological polar surface area (TPSA) is 69.7 Å². The van der Waals surface area contributed by atoms with E-state index in [1.807, 2.05) is 5.38 Å². The molecule has 0 spiro atoms. The van der Waals surface area contributed by atoms with Crippen LogP contribution in [0.15, 0.2) is 41.8 Å². The van der Waals surface area contributed by atoms with Crippen LogP contribution in [0.25, 0.3) is 0 Å². The van der Waals surface area contributed by atoms with Crippen LogP contribution in [0.5, 0.6) is 17.2 Å². The average Bonchev–Trinajstić information content (AvgIpc) is 3.15. The van der Waals surface area contributed by atoms with E-state index in [0.29, 0.717) is 45.3 Å². The van der Waals surface area contributed by atoms with E-state index in [9.17, 15) is 4.79 Å². The minimum atomic E-state index is -0.236. The molecule has 1 aromatic heterocycles. The van der Waals surface area contributed by atoms with Crippen LogP contribution < -0.4 is 19.5 Å². The van der Waals surface area contributed by atoms with Crippen LogP contribution in [0.3, 0.4) is 0 Å². The summed E-state index contributed by atoms with van der Waals surface area (Å²) in [6, 6.07) is 10.3. The van der Waals surface area contributed by atoms with E-state index >= 15 is 0 Å². The quantitative estimate of drug-likeness (QED) is 0.506. The highest BCUT2D eigenvalue weighted by atomic mass is 35.5. The Morgan fingerprint density at radius 2 is 1.83 bits per heavy atom. The molecule has 0 aliphatic rings. The number of carbonyl (C=O) groups excluding carboxylic acids is 1. The Morgan fingerprint density at radius 3 is 2.52 bits per heavy atom. The van der Waals surface area contributed by atoms with Gasteiger partial charge in [-0.1, -0.05) is 23.2 Å². The maximum absolute atomic E-state index is 12.4. The molecule has 152 valence electrons. The molecular formula is C20H18Cl2N2O4S. The first-order chi connectivity index (χ1) is 14.0. The van der Waals surface area contributed by atoms with Gasteiger partial charge < -0.3 is 19.5 Å². The van der Waals surface area contributed by atoms with Gasteiger partial charge in [0, 0.05) is 16.5 Å². The summed E-state index contributed by atoms with van der Waals surface area (Å²) in [5.74, 6) is 1.38. The molecule has 0 saturated heterocycles. The molecule has 1 N–H and O–H groups in total. The number of hydrogen-bond donors (Lipinski definition) is 1. The van der Waals surface area contributed by atoms with E-state index in [1.165, 1.54) is 25.6 Å². The van der Waals surface area contributed by atoms with E-state index in [4.69, 9.17) is 37.4 Å². The summed E-state index contributed by atoms with van der Waals surface area (Å²) < 4.78 is 16.1. The molecule has 0 aliphatic carbocycles. The van der Waals surface area contributed by atoms with Crippen molar-refractivity contribution in [3.8, 4) is 17.2 Å². The number of carbonyl (C=O) groups is 1. The molecule has 2 aromatic carbocycles. The van der Waals surface area contributed by atoms with Gasteiger partial charge in [0.05, 0.1) is 37.0 Å². The zero-order chi connectivity index (χ0) is 20.8. The number of nitrogens with zero attached hydrogens (tertiary/aromatic N) is 1. The third-order valence-electron chi connectivity index (χ3n) is 3.86. The van der Waals surface area contributed by atoms with Gasteiger partial charge in [-0.25, -0.2) is 4.98 Å². The van der Waals surface area contributed by atoms with Crippen LogP contribution in [0.2, 0.25) is 10.0 Å². The van der Waals surface area contributed by atoms with E-state index in [1.54, 1.807) is 36.4 Å². The van der Waals surface area contributed by atoms with Crippen molar-refractivity contribution in [2.45, 2.75) is 13.0 Å². The molecule has 0 fully saturated rings. The van der Waals surface area contributed by atoms with Crippen molar-refractivity contribution < 1.29 is 19.0 Å². The molecule has 1 heterocycles. The molecule has 0 bridgehead atoms. The van der Waals surface area contributed by atoms with Crippen molar-refractivity contribution >= 4 is 46.1 Å². The predicted octanol–water partition coefficient (Wildman–Crippen LogP) is 5.23. The van der Waals surface area contributed by atoms with Crippen molar-refractivity contribution in [1.82, 2.24) is 4.98 Å². The van der Waals surface area contributed by atoms with Crippen molar-refractivity contribution in [2.75, 3.05) is 19.5 Å². The first kappa shape index (κ1) is 21.2. The second-order valence-electron chi connectivity index (χ2n) is 5.89. The SMILES string of the molecule is COc1cc(OC)c(NC(=O)Cc2csc(COc3ccc(Cl)cc3)n2)cc1Cl. The second kappa shape index (κ2) is 9.82. The minimum Gasteiger partial charge on any atom is -0.495 e. The van der Waals surface area contributed by atoms with Gasteiger partial charge in [0.2, 0.25) is 5.91 Å². The van der Waals surface area contributed by atoms with Crippen LogP contribution in [-0.4, -0.2) is 25.1 Å². The van der Waals surface area contributed by atoms with Crippen LogP contribution in [-0.2, 0) is 17.8 Å². The lowest BCUT2D eigenvalue weighted by atomic mass is 10.2. The van der Waals surface area contributed by atoms with Gasteiger partial charge in [-0.2, -0.15) is 0 Å². The van der Waals surface area contributed by atoms with Gasteiger partial charge in [-0.3, -0.25) is 4.79 Å².